The largest absolute Gasteiger partial charge is 0.444 e. The SMILES string of the molecule is Cc1nnc(-c2ccc(C(=O)N(c3nccc4sc(-c5ccncc5)cc34)[C@@H]3CCCN(C(=O)OC(C)(C)C)C3)c(F)c2)s1. The number of pyridine rings is 2. The van der Waals surface area contributed by atoms with Crippen molar-refractivity contribution in [2.24, 2.45) is 0 Å². The van der Waals surface area contributed by atoms with Crippen molar-refractivity contribution in [1.82, 2.24) is 25.1 Å². The highest BCUT2D eigenvalue weighted by molar-refractivity contribution is 7.22. The highest BCUT2D eigenvalue weighted by Gasteiger charge is 2.36. The summed E-state index contributed by atoms with van der Waals surface area (Å²) in [5.74, 6) is -0.779. The molecule has 0 bridgehead atoms. The van der Waals surface area contributed by atoms with E-state index in [9.17, 15) is 9.59 Å². The Morgan fingerprint density at radius 1 is 1.02 bits per heavy atom. The molecule has 44 heavy (non-hydrogen) atoms. The molecule has 0 N–H and O–H groups in total. The van der Waals surface area contributed by atoms with Gasteiger partial charge in [0.2, 0.25) is 0 Å². The topological polar surface area (TPSA) is 101 Å². The maximum atomic E-state index is 15.8. The molecule has 0 radical (unpaired) electrons. The minimum absolute atomic E-state index is 0.0900. The number of carbonyl (C=O) groups is 2. The first-order valence-corrected chi connectivity index (χ1v) is 15.9. The Morgan fingerprint density at radius 3 is 2.52 bits per heavy atom. The molecule has 0 unspecified atom stereocenters. The number of likely N-dealkylation sites (tertiary alicyclic amines) is 1. The van der Waals surface area contributed by atoms with Gasteiger partial charge in [-0.05, 0) is 82.5 Å². The van der Waals surface area contributed by atoms with Crippen LogP contribution in [0.4, 0.5) is 15.0 Å². The molecule has 0 aliphatic carbocycles. The molecule has 2 amide bonds. The zero-order valence-electron chi connectivity index (χ0n) is 24.8. The van der Waals surface area contributed by atoms with Crippen molar-refractivity contribution in [3.8, 4) is 21.0 Å². The Hall–Kier alpha value is -4.29. The van der Waals surface area contributed by atoms with E-state index in [0.29, 0.717) is 35.8 Å². The highest BCUT2D eigenvalue weighted by Crippen LogP contribution is 2.39. The number of piperidine rings is 1. The van der Waals surface area contributed by atoms with Gasteiger partial charge < -0.3 is 9.64 Å². The van der Waals surface area contributed by atoms with Crippen LogP contribution in [0.25, 0.3) is 31.1 Å². The first-order chi connectivity index (χ1) is 21.1. The van der Waals surface area contributed by atoms with Gasteiger partial charge in [0.05, 0.1) is 11.6 Å². The van der Waals surface area contributed by atoms with Gasteiger partial charge in [-0.15, -0.1) is 21.5 Å². The third-order valence-electron chi connectivity index (χ3n) is 7.22. The van der Waals surface area contributed by atoms with Crippen LogP contribution in [0.15, 0.2) is 61.1 Å². The van der Waals surface area contributed by atoms with Crippen molar-refractivity contribution < 1.29 is 18.7 Å². The molecule has 1 aliphatic rings. The molecule has 5 heterocycles. The van der Waals surface area contributed by atoms with Gasteiger partial charge in [0.1, 0.15) is 27.3 Å². The molecule has 9 nitrogen and oxygen atoms in total. The summed E-state index contributed by atoms with van der Waals surface area (Å²) in [7, 11) is 0. The third-order valence-corrected chi connectivity index (χ3v) is 9.26. The number of benzene rings is 1. The second-order valence-electron chi connectivity index (χ2n) is 11.6. The number of rotatable bonds is 5. The Bertz CT molecular complexity index is 1830. The van der Waals surface area contributed by atoms with E-state index in [1.165, 1.54) is 23.5 Å². The fraction of sp³-hybridized carbons (Fsp3) is 0.312. The van der Waals surface area contributed by atoms with E-state index in [1.54, 1.807) is 45.8 Å². The quantitative estimate of drug-likeness (QED) is 0.200. The van der Waals surface area contributed by atoms with E-state index in [2.05, 4.69) is 20.2 Å². The number of amides is 2. The smallest absolute Gasteiger partial charge is 0.410 e. The summed E-state index contributed by atoms with van der Waals surface area (Å²) in [5.41, 5.74) is 0.786. The molecule has 1 atom stereocenters. The number of ether oxygens (including phenoxy) is 1. The lowest BCUT2D eigenvalue weighted by molar-refractivity contribution is 0.0196. The second-order valence-corrected chi connectivity index (χ2v) is 13.9. The summed E-state index contributed by atoms with van der Waals surface area (Å²) in [4.78, 5) is 40.5. The maximum Gasteiger partial charge on any atom is 0.410 e. The average molecular weight is 631 g/mol. The lowest BCUT2D eigenvalue weighted by Crippen LogP contribution is -2.53. The first kappa shape index (κ1) is 29.8. The van der Waals surface area contributed by atoms with E-state index in [-0.39, 0.29) is 12.1 Å². The fourth-order valence-corrected chi connectivity index (χ4v) is 7.00. The van der Waals surface area contributed by atoms with Crippen molar-refractivity contribution in [3.05, 3.63) is 77.4 Å². The molecule has 1 aromatic carbocycles. The first-order valence-electron chi connectivity index (χ1n) is 14.3. The van der Waals surface area contributed by atoms with Crippen molar-refractivity contribution >= 4 is 50.6 Å². The molecule has 0 saturated carbocycles. The van der Waals surface area contributed by atoms with Gasteiger partial charge in [-0.2, -0.15) is 0 Å². The summed E-state index contributed by atoms with van der Waals surface area (Å²) in [5, 5.41) is 10.2. The van der Waals surface area contributed by atoms with Gasteiger partial charge in [-0.25, -0.2) is 14.2 Å². The van der Waals surface area contributed by atoms with Crippen molar-refractivity contribution in [1.29, 1.82) is 0 Å². The number of aryl methyl sites for hydroxylation is 1. The standard InChI is InChI=1S/C32H31FN6O3S2/c1-19-36-37-29(43-19)21-7-8-23(25(33)16-21)30(40)39(22-6-5-15-38(18-22)31(41)42-32(2,3)4)28-24-17-27(20-9-12-34-13-10-20)44-26(24)11-14-35-28/h7-14,16-17,22H,5-6,15,18H2,1-4H3/t22-/m1/s1. The molecular formula is C32H31FN6O3S2. The minimum atomic E-state index is -0.667. The molecule has 1 saturated heterocycles. The lowest BCUT2D eigenvalue weighted by atomic mass is 10.0. The Balaban J connectivity index is 1.42. The molecule has 4 aromatic heterocycles. The number of halogens is 1. The number of aromatic nitrogens is 4. The van der Waals surface area contributed by atoms with Crippen LogP contribution >= 0.6 is 22.7 Å². The van der Waals surface area contributed by atoms with Crippen LogP contribution in [0.1, 0.15) is 49.0 Å². The number of hydrogen-bond acceptors (Lipinski definition) is 9. The second kappa shape index (κ2) is 12.0. The maximum absolute atomic E-state index is 15.8. The van der Waals surface area contributed by atoms with E-state index < -0.39 is 29.5 Å². The predicted octanol–water partition coefficient (Wildman–Crippen LogP) is 7.37. The van der Waals surface area contributed by atoms with Crippen LogP contribution in [0.3, 0.4) is 0 Å². The fourth-order valence-electron chi connectivity index (χ4n) is 5.26. The summed E-state index contributed by atoms with van der Waals surface area (Å²) in [6.45, 7) is 8.01. The van der Waals surface area contributed by atoms with Crippen molar-refractivity contribution in [2.75, 3.05) is 18.0 Å². The Kier molecular flexibility index (Phi) is 8.12. The van der Waals surface area contributed by atoms with Crippen LogP contribution in [0, 0.1) is 12.7 Å². The average Bonchev–Trinajstić information content (AvgIpc) is 3.64. The third kappa shape index (κ3) is 6.18. The van der Waals surface area contributed by atoms with Gasteiger partial charge in [-0.1, -0.05) is 17.4 Å². The van der Waals surface area contributed by atoms with Crippen LogP contribution in [0.5, 0.6) is 0 Å². The van der Waals surface area contributed by atoms with Gasteiger partial charge >= 0.3 is 6.09 Å². The summed E-state index contributed by atoms with van der Waals surface area (Å²) >= 11 is 2.93. The van der Waals surface area contributed by atoms with E-state index in [0.717, 1.165) is 25.5 Å². The van der Waals surface area contributed by atoms with Gasteiger partial charge in [-0.3, -0.25) is 14.7 Å². The molecule has 0 spiro atoms. The number of carbonyl (C=O) groups excluding carboxylic acids is 2. The number of anilines is 1. The molecular weight excluding hydrogens is 600 g/mol. The van der Waals surface area contributed by atoms with Crippen LogP contribution in [-0.2, 0) is 4.74 Å². The van der Waals surface area contributed by atoms with E-state index in [1.807, 2.05) is 52.0 Å². The minimum Gasteiger partial charge on any atom is -0.444 e. The van der Waals surface area contributed by atoms with Gasteiger partial charge in [0.15, 0.2) is 0 Å². The summed E-state index contributed by atoms with van der Waals surface area (Å²) < 4.78 is 22.3. The zero-order chi connectivity index (χ0) is 31.0. The molecule has 1 aliphatic heterocycles. The number of fused-ring (bicyclic) bond motifs is 1. The highest BCUT2D eigenvalue weighted by atomic mass is 32.1. The normalized spacial score (nSPS) is 15.4. The predicted molar refractivity (Wildman–Crippen MR) is 171 cm³/mol. The van der Waals surface area contributed by atoms with Gasteiger partial charge in [0, 0.05) is 52.2 Å². The monoisotopic (exact) mass is 630 g/mol. The van der Waals surface area contributed by atoms with Crippen molar-refractivity contribution in [2.45, 2.75) is 52.2 Å². The number of nitrogens with zero attached hydrogens (tertiary/aromatic N) is 6. The van der Waals surface area contributed by atoms with E-state index in [4.69, 9.17) is 4.74 Å². The lowest BCUT2D eigenvalue weighted by Gasteiger charge is -2.39. The number of hydrogen-bond donors (Lipinski definition) is 0. The summed E-state index contributed by atoms with van der Waals surface area (Å²) in [6.07, 6.45) is 5.94. The van der Waals surface area contributed by atoms with Gasteiger partial charge in [0.25, 0.3) is 5.91 Å². The zero-order valence-corrected chi connectivity index (χ0v) is 26.4. The molecule has 12 heteroatoms. The Labute approximate surface area is 262 Å². The van der Waals surface area contributed by atoms with Crippen LogP contribution in [0.2, 0.25) is 0 Å². The molecule has 1 fully saturated rings. The molecule has 6 rings (SSSR count). The molecule has 5 aromatic rings. The number of thiophene rings is 1. The Morgan fingerprint density at radius 2 is 1.82 bits per heavy atom. The van der Waals surface area contributed by atoms with Crippen LogP contribution < -0.4 is 4.90 Å². The van der Waals surface area contributed by atoms with E-state index >= 15 is 4.39 Å². The van der Waals surface area contributed by atoms with Crippen LogP contribution in [-0.4, -0.2) is 61.8 Å². The summed E-state index contributed by atoms with van der Waals surface area (Å²) in [6, 6.07) is 11.8. The molecule has 226 valence electrons. The van der Waals surface area contributed by atoms with Crippen molar-refractivity contribution in [3.63, 3.8) is 0 Å².